The molecule has 2 aromatic carbocycles. The van der Waals surface area contributed by atoms with E-state index in [2.05, 4.69) is 11.9 Å². The number of nitrogens with one attached hydrogen (secondary N) is 1. The van der Waals surface area contributed by atoms with Crippen LogP contribution in [-0.2, 0) is 4.79 Å². The smallest absolute Gasteiger partial charge is 0.265 e. The van der Waals surface area contributed by atoms with Gasteiger partial charge in [0.15, 0.2) is 6.10 Å². The van der Waals surface area contributed by atoms with E-state index < -0.39 is 6.10 Å². The molecule has 0 saturated heterocycles. The number of anilines is 1. The van der Waals surface area contributed by atoms with Crippen molar-refractivity contribution in [1.82, 2.24) is 0 Å². The summed E-state index contributed by atoms with van der Waals surface area (Å²) < 4.78 is 11.5. The molecule has 0 aliphatic carbocycles. The van der Waals surface area contributed by atoms with Crippen molar-refractivity contribution in [2.75, 3.05) is 11.9 Å². The highest BCUT2D eigenvalue weighted by Crippen LogP contribution is 2.25. The van der Waals surface area contributed by atoms with Crippen LogP contribution in [-0.4, -0.2) is 18.6 Å². The van der Waals surface area contributed by atoms with Crippen LogP contribution >= 0.6 is 0 Å². The molecule has 0 aliphatic rings. The number of hydrogen-bond donors (Lipinski definition) is 1. The van der Waals surface area contributed by atoms with E-state index in [9.17, 15) is 4.79 Å². The summed E-state index contributed by atoms with van der Waals surface area (Å²) in [5, 5.41) is 2.90. The molecule has 4 nitrogen and oxygen atoms in total. The molecule has 1 unspecified atom stereocenters. The molecule has 0 radical (unpaired) electrons. The fourth-order valence-electron chi connectivity index (χ4n) is 2.21. The standard InChI is InChI=1S/C21H25NO3/c1-5-19(25-17-12-10-16(4)11-13-17)21(23)22-18-8-6-7-9-20(18)24-14-15(2)3/h6-13,19H,2,5,14H2,1,3-4H3,(H,22,23). The van der Waals surface area contributed by atoms with Gasteiger partial charge in [0, 0.05) is 0 Å². The Kier molecular flexibility index (Phi) is 6.63. The summed E-state index contributed by atoms with van der Waals surface area (Å²) in [6.07, 6.45) is -0.00832. The predicted molar refractivity (Wildman–Crippen MR) is 101 cm³/mol. The third kappa shape index (κ3) is 5.68. The lowest BCUT2D eigenvalue weighted by Crippen LogP contribution is -2.32. The van der Waals surface area contributed by atoms with E-state index in [-0.39, 0.29) is 5.91 Å². The number of benzene rings is 2. The first-order valence-electron chi connectivity index (χ1n) is 8.40. The third-order valence-corrected chi connectivity index (χ3v) is 3.58. The maximum absolute atomic E-state index is 12.6. The molecule has 0 aliphatic heterocycles. The van der Waals surface area contributed by atoms with Crippen LogP contribution in [0.2, 0.25) is 0 Å². The Morgan fingerprint density at radius 3 is 2.48 bits per heavy atom. The van der Waals surface area contributed by atoms with Gasteiger partial charge in [-0.3, -0.25) is 4.79 Å². The number of amides is 1. The van der Waals surface area contributed by atoms with E-state index in [0.717, 1.165) is 11.1 Å². The maximum Gasteiger partial charge on any atom is 0.265 e. The molecule has 1 amide bonds. The largest absolute Gasteiger partial charge is 0.487 e. The molecule has 1 N–H and O–H groups in total. The number of rotatable bonds is 8. The minimum absolute atomic E-state index is 0.200. The summed E-state index contributed by atoms with van der Waals surface area (Å²) in [4.78, 5) is 12.6. The van der Waals surface area contributed by atoms with E-state index in [1.54, 1.807) is 0 Å². The van der Waals surface area contributed by atoms with Crippen LogP contribution < -0.4 is 14.8 Å². The van der Waals surface area contributed by atoms with Crippen molar-refractivity contribution in [3.05, 3.63) is 66.2 Å². The maximum atomic E-state index is 12.6. The van der Waals surface area contributed by atoms with Crippen molar-refractivity contribution in [2.24, 2.45) is 0 Å². The molecule has 0 saturated carbocycles. The van der Waals surface area contributed by atoms with Gasteiger partial charge in [0.2, 0.25) is 0 Å². The molecule has 25 heavy (non-hydrogen) atoms. The van der Waals surface area contributed by atoms with E-state index in [0.29, 0.717) is 30.2 Å². The molecular formula is C21H25NO3. The monoisotopic (exact) mass is 339 g/mol. The molecule has 0 bridgehead atoms. The van der Waals surface area contributed by atoms with Crippen LogP contribution in [0.15, 0.2) is 60.7 Å². The predicted octanol–water partition coefficient (Wildman–Crippen LogP) is 4.75. The molecule has 0 spiro atoms. The molecule has 132 valence electrons. The normalized spacial score (nSPS) is 11.5. The molecule has 2 rings (SSSR count). The second kappa shape index (κ2) is 8.92. The molecule has 0 fully saturated rings. The first-order chi connectivity index (χ1) is 12.0. The molecular weight excluding hydrogens is 314 g/mol. The van der Waals surface area contributed by atoms with Crippen molar-refractivity contribution in [2.45, 2.75) is 33.3 Å². The summed E-state index contributed by atoms with van der Waals surface area (Å²) in [6, 6.07) is 15.0. The number of aryl methyl sites for hydroxylation is 1. The summed E-state index contributed by atoms with van der Waals surface area (Å²) in [5.74, 6) is 1.10. The minimum Gasteiger partial charge on any atom is -0.487 e. The van der Waals surface area contributed by atoms with Gasteiger partial charge >= 0.3 is 0 Å². The topological polar surface area (TPSA) is 47.6 Å². The highest BCUT2D eigenvalue weighted by atomic mass is 16.5. The quantitative estimate of drug-likeness (QED) is 0.706. The van der Waals surface area contributed by atoms with E-state index in [4.69, 9.17) is 9.47 Å². The van der Waals surface area contributed by atoms with Gasteiger partial charge in [-0.25, -0.2) is 0 Å². The van der Waals surface area contributed by atoms with E-state index in [1.165, 1.54) is 0 Å². The number of hydrogen-bond acceptors (Lipinski definition) is 3. The van der Waals surface area contributed by atoms with Crippen molar-refractivity contribution in [1.29, 1.82) is 0 Å². The van der Waals surface area contributed by atoms with Gasteiger partial charge in [-0.15, -0.1) is 0 Å². The number of carbonyl (C=O) groups is 1. The fraction of sp³-hybridized carbons (Fsp3) is 0.286. The summed E-state index contributed by atoms with van der Waals surface area (Å²) in [5.41, 5.74) is 2.68. The van der Waals surface area contributed by atoms with Crippen LogP contribution in [0, 0.1) is 6.92 Å². The number of para-hydroxylation sites is 2. The Balaban J connectivity index is 2.06. The van der Waals surface area contributed by atoms with Gasteiger partial charge < -0.3 is 14.8 Å². The SMILES string of the molecule is C=C(C)COc1ccccc1NC(=O)C(CC)Oc1ccc(C)cc1. The van der Waals surface area contributed by atoms with Crippen molar-refractivity contribution < 1.29 is 14.3 Å². The van der Waals surface area contributed by atoms with E-state index >= 15 is 0 Å². The van der Waals surface area contributed by atoms with Crippen molar-refractivity contribution in [3.63, 3.8) is 0 Å². The second-order valence-electron chi connectivity index (χ2n) is 6.06. The lowest BCUT2D eigenvalue weighted by Gasteiger charge is -2.19. The average Bonchev–Trinajstić information content (AvgIpc) is 2.60. The summed E-state index contributed by atoms with van der Waals surface area (Å²) in [7, 11) is 0. The van der Waals surface area contributed by atoms with E-state index in [1.807, 2.05) is 69.3 Å². The molecule has 1 atom stereocenters. The Morgan fingerprint density at radius 1 is 1.16 bits per heavy atom. The first kappa shape index (κ1) is 18.6. The van der Waals surface area contributed by atoms with Gasteiger partial charge in [0.25, 0.3) is 5.91 Å². The summed E-state index contributed by atoms with van der Waals surface area (Å²) in [6.45, 7) is 10.1. The molecule has 4 heteroatoms. The van der Waals surface area contributed by atoms with Gasteiger partial charge in [-0.2, -0.15) is 0 Å². The van der Waals surface area contributed by atoms with Crippen LogP contribution in [0.3, 0.4) is 0 Å². The van der Waals surface area contributed by atoms with Crippen molar-refractivity contribution in [3.8, 4) is 11.5 Å². The van der Waals surface area contributed by atoms with Crippen LogP contribution in [0.25, 0.3) is 0 Å². The zero-order chi connectivity index (χ0) is 18.2. The Morgan fingerprint density at radius 2 is 1.84 bits per heavy atom. The lowest BCUT2D eigenvalue weighted by atomic mass is 10.2. The second-order valence-corrected chi connectivity index (χ2v) is 6.06. The number of carbonyl (C=O) groups excluding carboxylic acids is 1. The molecule has 0 heterocycles. The fourth-order valence-corrected chi connectivity index (χ4v) is 2.21. The lowest BCUT2D eigenvalue weighted by molar-refractivity contribution is -0.122. The summed E-state index contributed by atoms with van der Waals surface area (Å²) >= 11 is 0. The van der Waals surface area contributed by atoms with Crippen LogP contribution in [0.1, 0.15) is 25.8 Å². The van der Waals surface area contributed by atoms with Gasteiger partial charge in [0.1, 0.15) is 18.1 Å². The van der Waals surface area contributed by atoms with Gasteiger partial charge in [-0.1, -0.05) is 43.3 Å². The average molecular weight is 339 g/mol. The Bertz CT molecular complexity index is 722. The highest BCUT2D eigenvalue weighted by Gasteiger charge is 2.19. The number of ether oxygens (including phenoxy) is 2. The first-order valence-corrected chi connectivity index (χ1v) is 8.40. The van der Waals surface area contributed by atoms with Crippen molar-refractivity contribution >= 4 is 11.6 Å². The van der Waals surface area contributed by atoms with Crippen LogP contribution in [0.4, 0.5) is 5.69 Å². The Labute approximate surface area is 149 Å². The zero-order valence-electron chi connectivity index (χ0n) is 15.0. The Hall–Kier alpha value is -2.75. The molecule has 2 aromatic rings. The molecule has 0 aromatic heterocycles. The minimum atomic E-state index is -0.572. The van der Waals surface area contributed by atoms with Gasteiger partial charge in [-0.05, 0) is 50.1 Å². The van der Waals surface area contributed by atoms with Gasteiger partial charge in [0.05, 0.1) is 5.69 Å². The highest BCUT2D eigenvalue weighted by molar-refractivity contribution is 5.95. The third-order valence-electron chi connectivity index (χ3n) is 3.58. The van der Waals surface area contributed by atoms with Crippen LogP contribution in [0.5, 0.6) is 11.5 Å². The zero-order valence-corrected chi connectivity index (χ0v) is 15.0.